The Hall–Kier alpha value is -2.11. The van der Waals surface area contributed by atoms with Crippen molar-refractivity contribution in [2.45, 2.75) is 51.8 Å². The van der Waals surface area contributed by atoms with Crippen LogP contribution in [0.3, 0.4) is 0 Å². The van der Waals surface area contributed by atoms with Crippen molar-refractivity contribution in [1.82, 2.24) is 10.2 Å². The van der Waals surface area contributed by atoms with E-state index in [0.29, 0.717) is 0 Å². The first kappa shape index (κ1) is 19.2. The van der Waals surface area contributed by atoms with E-state index in [2.05, 4.69) is 5.32 Å². The lowest BCUT2D eigenvalue weighted by molar-refractivity contribution is -0.132. The van der Waals surface area contributed by atoms with Gasteiger partial charge < -0.3 is 15.0 Å². The standard InChI is InChI=1S/C19H27FN2O3/c1-13-16(23)22(14(2)15-9-7-6-8-10-15)12-19(13,11-20)21-17(24)25-18(3,4)5/h6-10,13-14H,11-12H2,1-5H3,(H,21,24)/t13?,14-,19+/m1/s1. The summed E-state index contributed by atoms with van der Waals surface area (Å²) < 4.78 is 19.2. The SMILES string of the molecule is CC1C(=O)N([C@H](C)c2ccccc2)C[C@]1(CF)NC(=O)OC(C)(C)C. The van der Waals surface area contributed by atoms with Crippen molar-refractivity contribution in [2.24, 2.45) is 5.92 Å². The second-order valence-electron chi connectivity index (χ2n) is 7.69. The van der Waals surface area contributed by atoms with Crippen LogP contribution in [-0.2, 0) is 9.53 Å². The molecule has 2 rings (SSSR count). The van der Waals surface area contributed by atoms with E-state index in [1.807, 2.05) is 37.3 Å². The lowest BCUT2D eigenvalue weighted by Crippen LogP contribution is -2.56. The van der Waals surface area contributed by atoms with Crippen molar-refractivity contribution < 1.29 is 18.7 Å². The van der Waals surface area contributed by atoms with E-state index in [-0.39, 0.29) is 18.5 Å². The Labute approximate surface area is 148 Å². The van der Waals surface area contributed by atoms with Crippen LogP contribution in [0, 0.1) is 5.92 Å². The third-order valence-electron chi connectivity index (χ3n) is 4.67. The highest BCUT2D eigenvalue weighted by molar-refractivity contribution is 5.85. The molecule has 0 saturated carbocycles. The number of carbonyl (C=O) groups excluding carboxylic acids is 2. The van der Waals surface area contributed by atoms with Crippen LogP contribution < -0.4 is 5.32 Å². The molecule has 6 heteroatoms. The Morgan fingerprint density at radius 1 is 1.40 bits per heavy atom. The molecule has 1 fully saturated rings. The van der Waals surface area contributed by atoms with Gasteiger partial charge in [0.15, 0.2) is 0 Å². The van der Waals surface area contributed by atoms with E-state index < -0.39 is 29.8 Å². The largest absolute Gasteiger partial charge is 0.444 e. The van der Waals surface area contributed by atoms with Gasteiger partial charge in [-0.1, -0.05) is 37.3 Å². The number of halogens is 1. The molecule has 1 unspecified atom stereocenters. The van der Waals surface area contributed by atoms with Crippen molar-refractivity contribution in [3.8, 4) is 0 Å². The maximum absolute atomic E-state index is 14.0. The van der Waals surface area contributed by atoms with Gasteiger partial charge in [-0.3, -0.25) is 4.79 Å². The van der Waals surface area contributed by atoms with Crippen molar-refractivity contribution in [3.63, 3.8) is 0 Å². The molecule has 1 saturated heterocycles. The van der Waals surface area contributed by atoms with Gasteiger partial charge in [-0.2, -0.15) is 0 Å². The van der Waals surface area contributed by atoms with Gasteiger partial charge in [0.2, 0.25) is 5.91 Å². The predicted octanol–water partition coefficient (Wildman–Crippen LogP) is 3.46. The highest BCUT2D eigenvalue weighted by atomic mass is 19.1. The monoisotopic (exact) mass is 350 g/mol. The zero-order chi connectivity index (χ0) is 18.8. The fraction of sp³-hybridized carbons (Fsp3) is 0.579. The molecule has 2 amide bonds. The van der Waals surface area contributed by atoms with Crippen LogP contribution in [0.25, 0.3) is 0 Å². The van der Waals surface area contributed by atoms with Gasteiger partial charge in [-0.25, -0.2) is 9.18 Å². The van der Waals surface area contributed by atoms with Gasteiger partial charge in [0.1, 0.15) is 17.8 Å². The molecule has 25 heavy (non-hydrogen) atoms. The molecule has 5 nitrogen and oxygen atoms in total. The highest BCUT2D eigenvalue weighted by Gasteiger charge is 2.52. The first-order valence-electron chi connectivity index (χ1n) is 8.52. The van der Waals surface area contributed by atoms with Gasteiger partial charge in [-0.15, -0.1) is 0 Å². The summed E-state index contributed by atoms with van der Waals surface area (Å²) in [5, 5.41) is 2.62. The molecule has 0 aromatic heterocycles. The molecular weight excluding hydrogens is 323 g/mol. The van der Waals surface area contributed by atoms with Gasteiger partial charge in [0.25, 0.3) is 0 Å². The molecule has 1 aromatic rings. The summed E-state index contributed by atoms with van der Waals surface area (Å²) in [5.41, 5.74) is -0.998. The van der Waals surface area contributed by atoms with E-state index in [1.165, 1.54) is 0 Å². The van der Waals surface area contributed by atoms with Crippen LogP contribution in [0.4, 0.5) is 9.18 Å². The fourth-order valence-corrected chi connectivity index (χ4v) is 3.09. The van der Waals surface area contributed by atoms with E-state index in [1.54, 1.807) is 32.6 Å². The summed E-state index contributed by atoms with van der Waals surface area (Å²) in [6, 6.07) is 9.36. The summed E-state index contributed by atoms with van der Waals surface area (Å²) in [6.07, 6.45) is -0.709. The minimum Gasteiger partial charge on any atom is -0.444 e. The first-order chi connectivity index (χ1) is 11.6. The Kier molecular flexibility index (Phi) is 5.40. The second-order valence-corrected chi connectivity index (χ2v) is 7.69. The van der Waals surface area contributed by atoms with Gasteiger partial charge in [0, 0.05) is 6.54 Å². The van der Waals surface area contributed by atoms with E-state index in [4.69, 9.17) is 4.74 Å². The minimum atomic E-state index is -1.28. The fourth-order valence-electron chi connectivity index (χ4n) is 3.09. The number of carbonyl (C=O) groups is 2. The molecular formula is C19H27FN2O3. The second kappa shape index (κ2) is 7.02. The highest BCUT2D eigenvalue weighted by Crippen LogP contribution is 2.35. The van der Waals surface area contributed by atoms with Crippen LogP contribution in [0.15, 0.2) is 30.3 Å². The number of amides is 2. The van der Waals surface area contributed by atoms with Gasteiger partial charge in [0.05, 0.1) is 12.0 Å². The number of alkyl carbamates (subject to hydrolysis) is 1. The molecule has 1 N–H and O–H groups in total. The van der Waals surface area contributed by atoms with Crippen molar-refractivity contribution in [2.75, 3.05) is 13.2 Å². The molecule has 1 heterocycles. The molecule has 0 aliphatic carbocycles. The van der Waals surface area contributed by atoms with Crippen molar-refractivity contribution >= 4 is 12.0 Å². The third kappa shape index (κ3) is 4.11. The maximum atomic E-state index is 14.0. The zero-order valence-corrected chi connectivity index (χ0v) is 15.5. The minimum absolute atomic E-state index is 0.110. The zero-order valence-electron chi connectivity index (χ0n) is 15.5. The van der Waals surface area contributed by atoms with Crippen molar-refractivity contribution in [3.05, 3.63) is 35.9 Å². The molecule has 0 spiro atoms. The lowest BCUT2D eigenvalue weighted by atomic mass is 9.89. The Morgan fingerprint density at radius 2 is 2.00 bits per heavy atom. The molecule has 3 atom stereocenters. The molecule has 0 bridgehead atoms. The number of hydrogen-bond acceptors (Lipinski definition) is 3. The van der Waals surface area contributed by atoms with Crippen LogP contribution in [0.5, 0.6) is 0 Å². The molecule has 138 valence electrons. The molecule has 1 aromatic carbocycles. The Balaban J connectivity index is 2.20. The number of rotatable bonds is 4. The normalized spacial score (nSPS) is 25.0. The smallest absolute Gasteiger partial charge is 0.408 e. The Morgan fingerprint density at radius 3 is 2.52 bits per heavy atom. The van der Waals surface area contributed by atoms with Crippen LogP contribution in [0.1, 0.15) is 46.2 Å². The van der Waals surface area contributed by atoms with E-state index >= 15 is 0 Å². The van der Waals surface area contributed by atoms with Crippen LogP contribution in [0.2, 0.25) is 0 Å². The van der Waals surface area contributed by atoms with Crippen LogP contribution in [-0.4, -0.2) is 41.3 Å². The maximum Gasteiger partial charge on any atom is 0.408 e. The number of ether oxygens (including phenoxy) is 1. The lowest BCUT2D eigenvalue weighted by Gasteiger charge is -2.32. The van der Waals surface area contributed by atoms with Gasteiger partial charge in [-0.05, 0) is 33.3 Å². The summed E-state index contributed by atoms with van der Waals surface area (Å²) >= 11 is 0. The van der Waals surface area contributed by atoms with Crippen molar-refractivity contribution in [1.29, 1.82) is 0 Å². The summed E-state index contributed by atoms with van der Waals surface area (Å²) in [4.78, 5) is 26.5. The predicted molar refractivity (Wildman–Crippen MR) is 93.8 cm³/mol. The molecule has 1 aliphatic heterocycles. The van der Waals surface area contributed by atoms with Crippen LogP contribution >= 0.6 is 0 Å². The summed E-state index contributed by atoms with van der Waals surface area (Å²) in [5.74, 6) is -0.846. The quantitative estimate of drug-likeness (QED) is 0.905. The summed E-state index contributed by atoms with van der Waals surface area (Å²) in [7, 11) is 0. The first-order valence-corrected chi connectivity index (χ1v) is 8.52. The summed E-state index contributed by atoms with van der Waals surface area (Å²) in [6.45, 7) is 8.04. The topological polar surface area (TPSA) is 58.6 Å². The number of benzene rings is 1. The van der Waals surface area contributed by atoms with Gasteiger partial charge >= 0.3 is 6.09 Å². The number of hydrogen-bond donors (Lipinski definition) is 1. The molecule has 1 aliphatic rings. The number of nitrogens with one attached hydrogen (secondary N) is 1. The number of likely N-dealkylation sites (tertiary alicyclic amines) is 1. The van der Waals surface area contributed by atoms with E-state index in [9.17, 15) is 14.0 Å². The molecule has 0 radical (unpaired) electrons. The average molecular weight is 350 g/mol. The number of alkyl halides is 1. The Bertz CT molecular complexity index is 629. The third-order valence-corrected chi connectivity index (χ3v) is 4.67. The number of nitrogens with zero attached hydrogens (tertiary/aromatic N) is 1. The van der Waals surface area contributed by atoms with E-state index in [0.717, 1.165) is 5.56 Å². The average Bonchev–Trinajstić information content (AvgIpc) is 2.79.